The molecule has 0 atom stereocenters. The van der Waals surface area contributed by atoms with Crippen LogP contribution in [0, 0.1) is 3.57 Å². The molecule has 14 heavy (non-hydrogen) atoms. The quantitative estimate of drug-likeness (QED) is 0.248. The van der Waals surface area contributed by atoms with Gasteiger partial charge in [0.2, 0.25) is 0 Å². The van der Waals surface area contributed by atoms with Crippen molar-refractivity contribution in [3.63, 3.8) is 0 Å². The van der Waals surface area contributed by atoms with Crippen molar-refractivity contribution in [1.82, 2.24) is 10.9 Å². The number of hydrazine groups is 1. The lowest BCUT2D eigenvalue weighted by Crippen LogP contribution is -2.37. The Kier molecular flexibility index (Phi) is 4.33. The van der Waals surface area contributed by atoms with E-state index < -0.39 is 6.03 Å². The summed E-state index contributed by atoms with van der Waals surface area (Å²) in [4.78, 5) is 10.6. The molecule has 0 spiro atoms. The van der Waals surface area contributed by atoms with Crippen molar-refractivity contribution >= 4 is 34.8 Å². The highest BCUT2D eigenvalue weighted by Gasteiger charge is 1.91. The van der Waals surface area contributed by atoms with Gasteiger partial charge in [0.1, 0.15) is 0 Å². The molecule has 0 aliphatic rings. The number of carbonyl (C=O) groups excluding carboxylic acids is 1. The summed E-state index contributed by atoms with van der Waals surface area (Å²) in [5.41, 5.74) is 4.99. The fraction of sp³-hybridized carbons (Fsp3) is 0. The van der Waals surface area contributed by atoms with Gasteiger partial charge in [-0.3, -0.25) is 5.43 Å². The minimum Gasteiger partial charge on any atom is -0.274 e. The van der Waals surface area contributed by atoms with Crippen molar-refractivity contribution in [2.45, 2.75) is 0 Å². The van der Waals surface area contributed by atoms with E-state index in [1.54, 1.807) is 0 Å². The number of amides is 2. The summed E-state index contributed by atoms with van der Waals surface area (Å²) in [6.07, 6.45) is 1.53. The highest BCUT2D eigenvalue weighted by Crippen LogP contribution is 2.04. The molecule has 1 aromatic rings. The third-order valence-corrected chi connectivity index (χ3v) is 2.10. The molecule has 0 aliphatic carbocycles. The van der Waals surface area contributed by atoms with Gasteiger partial charge in [0.15, 0.2) is 0 Å². The molecule has 6 heteroatoms. The van der Waals surface area contributed by atoms with Crippen molar-refractivity contribution in [2.75, 3.05) is 0 Å². The lowest BCUT2D eigenvalue weighted by atomic mass is 10.2. The van der Waals surface area contributed by atoms with E-state index in [0.29, 0.717) is 0 Å². The van der Waals surface area contributed by atoms with Crippen LogP contribution in [0.1, 0.15) is 5.56 Å². The third-order valence-electron chi connectivity index (χ3n) is 1.38. The summed E-state index contributed by atoms with van der Waals surface area (Å²) in [6, 6.07) is 7.14. The predicted octanol–water partition coefficient (Wildman–Crippen LogP) is 0.798. The van der Waals surface area contributed by atoms with Gasteiger partial charge in [-0.25, -0.2) is 16.1 Å². The van der Waals surface area contributed by atoms with Crippen LogP contribution in [0.25, 0.3) is 0 Å². The molecule has 0 aliphatic heterocycles. The molecule has 0 saturated heterocycles. The van der Waals surface area contributed by atoms with Crippen molar-refractivity contribution in [3.8, 4) is 0 Å². The fourth-order valence-corrected chi connectivity index (χ4v) is 1.11. The largest absolute Gasteiger partial charge is 0.349 e. The van der Waals surface area contributed by atoms with Gasteiger partial charge in [0, 0.05) is 3.57 Å². The number of nitrogens with zero attached hydrogens (tertiary/aromatic N) is 1. The first-order valence-corrected chi connectivity index (χ1v) is 4.85. The molecule has 0 bridgehead atoms. The second-order valence-corrected chi connectivity index (χ2v) is 3.64. The van der Waals surface area contributed by atoms with E-state index >= 15 is 0 Å². The molecule has 0 heterocycles. The number of urea groups is 1. The maximum absolute atomic E-state index is 10.6. The number of nitrogens with two attached hydrogens (primary N) is 1. The zero-order valence-corrected chi connectivity index (χ0v) is 9.36. The first kappa shape index (κ1) is 10.9. The van der Waals surface area contributed by atoms with Gasteiger partial charge >= 0.3 is 6.03 Å². The predicted molar refractivity (Wildman–Crippen MR) is 62.6 cm³/mol. The number of hydrogen-bond donors (Lipinski definition) is 3. The van der Waals surface area contributed by atoms with Crippen LogP contribution in [-0.2, 0) is 0 Å². The van der Waals surface area contributed by atoms with Crippen LogP contribution in [0.4, 0.5) is 4.79 Å². The lowest BCUT2D eigenvalue weighted by Gasteiger charge is -1.96. The zero-order valence-electron chi connectivity index (χ0n) is 7.20. The summed E-state index contributed by atoms with van der Waals surface area (Å²) in [6.45, 7) is 0. The topological polar surface area (TPSA) is 79.5 Å². The summed E-state index contributed by atoms with van der Waals surface area (Å²) in [5, 5.41) is 3.67. The van der Waals surface area contributed by atoms with Gasteiger partial charge in [0.25, 0.3) is 0 Å². The number of rotatable bonds is 2. The van der Waals surface area contributed by atoms with Crippen LogP contribution < -0.4 is 16.7 Å². The van der Waals surface area contributed by atoms with Gasteiger partial charge in [-0.1, -0.05) is 12.1 Å². The van der Waals surface area contributed by atoms with Crippen molar-refractivity contribution in [3.05, 3.63) is 33.4 Å². The smallest absolute Gasteiger partial charge is 0.274 e. The zero-order chi connectivity index (χ0) is 10.4. The minimum atomic E-state index is -0.549. The molecule has 0 fully saturated rings. The maximum Gasteiger partial charge on any atom is 0.349 e. The highest BCUT2D eigenvalue weighted by atomic mass is 127. The summed E-state index contributed by atoms with van der Waals surface area (Å²) < 4.78 is 1.15. The molecule has 74 valence electrons. The Hall–Kier alpha value is -1.15. The van der Waals surface area contributed by atoms with E-state index in [1.165, 1.54) is 6.21 Å². The molecular weight excluding hydrogens is 295 g/mol. The Labute approximate surface area is 94.9 Å². The molecule has 2 amide bonds. The van der Waals surface area contributed by atoms with Crippen LogP contribution in [0.15, 0.2) is 29.4 Å². The van der Waals surface area contributed by atoms with Crippen LogP contribution in [0.5, 0.6) is 0 Å². The average Bonchev–Trinajstić information content (AvgIpc) is 2.21. The van der Waals surface area contributed by atoms with E-state index in [1.807, 2.05) is 29.7 Å². The van der Waals surface area contributed by atoms with Gasteiger partial charge in [-0.2, -0.15) is 5.10 Å². The average molecular weight is 304 g/mol. The molecule has 1 aromatic carbocycles. The molecule has 0 saturated carbocycles. The van der Waals surface area contributed by atoms with E-state index in [4.69, 9.17) is 5.84 Å². The second kappa shape index (κ2) is 5.55. The molecule has 0 aromatic heterocycles. The van der Waals surface area contributed by atoms with Crippen LogP contribution in [-0.4, -0.2) is 12.2 Å². The van der Waals surface area contributed by atoms with Gasteiger partial charge in [-0.05, 0) is 40.3 Å². The monoisotopic (exact) mass is 304 g/mol. The minimum absolute atomic E-state index is 0.549. The van der Waals surface area contributed by atoms with Crippen LogP contribution >= 0.6 is 22.6 Å². The van der Waals surface area contributed by atoms with Crippen molar-refractivity contribution < 1.29 is 4.79 Å². The van der Waals surface area contributed by atoms with Gasteiger partial charge in [0.05, 0.1) is 6.21 Å². The highest BCUT2D eigenvalue weighted by molar-refractivity contribution is 14.1. The van der Waals surface area contributed by atoms with Crippen molar-refractivity contribution in [1.29, 1.82) is 0 Å². The Morgan fingerprint density at radius 3 is 2.64 bits per heavy atom. The molecule has 5 nitrogen and oxygen atoms in total. The number of hydrazone groups is 1. The number of carbonyl (C=O) groups is 1. The SMILES string of the molecule is NNC(=O)NN=Cc1ccc(I)cc1. The van der Waals surface area contributed by atoms with E-state index in [9.17, 15) is 4.79 Å². The van der Waals surface area contributed by atoms with E-state index in [0.717, 1.165) is 9.13 Å². The summed E-state index contributed by atoms with van der Waals surface area (Å²) in [7, 11) is 0. The Morgan fingerprint density at radius 2 is 2.07 bits per heavy atom. The molecule has 0 radical (unpaired) electrons. The molecular formula is C8H9IN4O. The lowest BCUT2D eigenvalue weighted by molar-refractivity contribution is 0.241. The summed E-state index contributed by atoms with van der Waals surface area (Å²) in [5.74, 6) is 4.83. The van der Waals surface area contributed by atoms with Crippen molar-refractivity contribution in [2.24, 2.45) is 10.9 Å². The Morgan fingerprint density at radius 1 is 1.43 bits per heavy atom. The molecule has 1 rings (SSSR count). The maximum atomic E-state index is 10.6. The normalized spacial score (nSPS) is 10.1. The number of nitrogens with one attached hydrogen (secondary N) is 2. The van der Waals surface area contributed by atoms with Gasteiger partial charge < -0.3 is 0 Å². The number of benzene rings is 1. The summed E-state index contributed by atoms with van der Waals surface area (Å²) >= 11 is 2.21. The van der Waals surface area contributed by atoms with E-state index in [-0.39, 0.29) is 0 Å². The number of halogens is 1. The third kappa shape index (κ3) is 3.71. The second-order valence-electron chi connectivity index (χ2n) is 2.40. The Bertz CT molecular complexity index is 336. The molecule has 4 N–H and O–H groups in total. The van der Waals surface area contributed by atoms with Crippen LogP contribution in [0.3, 0.4) is 0 Å². The Balaban J connectivity index is 2.52. The van der Waals surface area contributed by atoms with Crippen LogP contribution in [0.2, 0.25) is 0 Å². The fourth-order valence-electron chi connectivity index (χ4n) is 0.747. The first-order valence-electron chi connectivity index (χ1n) is 3.77. The number of hydrogen-bond acceptors (Lipinski definition) is 3. The molecule has 0 unspecified atom stereocenters. The van der Waals surface area contributed by atoms with Gasteiger partial charge in [-0.15, -0.1) is 0 Å². The standard InChI is InChI=1S/C8H9IN4O/c9-7-3-1-6(2-4-7)5-11-13-8(14)12-10/h1-5H,10H2,(H2,12,13,14). The first-order chi connectivity index (χ1) is 6.72. The van der Waals surface area contributed by atoms with E-state index in [2.05, 4.69) is 33.1 Å².